The van der Waals surface area contributed by atoms with Crippen molar-refractivity contribution in [2.45, 2.75) is 0 Å². The fraction of sp³-hybridized carbons (Fsp3) is 0.0769. The van der Waals surface area contributed by atoms with Gasteiger partial charge in [-0.3, -0.25) is 20.4 Å². The fourth-order valence-electron chi connectivity index (χ4n) is 1.64. The molecule has 1 aromatic carbocycles. The van der Waals surface area contributed by atoms with Crippen LogP contribution in [0.5, 0.6) is 0 Å². The number of nitrogens with zero attached hydrogens (tertiary/aromatic N) is 1. The van der Waals surface area contributed by atoms with Gasteiger partial charge in [0.25, 0.3) is 11.8 Å². The van der Waals surface area contributed by atoms with Gasteiger partial charge in [0.15, 0.2) is 0 Å². The van der Waals surface area contributed by atoms with Crippen molar-refractivity contribution in [3.63, 3.8) is 0 Å². The number of hydrogen-bond acceptors (Lipinski definition) is 2. The predicted octanol–water partition coefficient (Wildman–Crippen LogP) is 2.00. The van der Waals surface area contributed by atoms with Gasteiger partial charge in [-0.15, -0.1) is 0 Å². The molecule has 0 unspecified atom stereocenters. The van der Waals surface area contributed by atoms with Crippen LogP contribution in [0.25, 0.3) is 0 Å². The molecule has 0 radical (unpaired) electrons. The SMILES string of the molecule is Cn1cc(Br)cc1C(=O)NNC(=O)c1ccccc1F. The Balaban J connectivity index is 2.02. The second-order valence-electron chi connectivity index (χ2n) is 4.04. The smallest absolute Gasteiger partial charge is 0.286 e. The van der Waals surface area contributed by atoms with Gasteiger partial charge in [-0.05, 0) is 34.1 Å². The van der Waals surface area contributed by atoms with Crippen molar-refractivity contribution in [2.24, 2.45) is 7.05 Å². The van der Waals surface area contributed by atoms with Crippen LogP contribution in [0, 0.1) is 5.82 Å². The Labute approximate surface area is 122 Å². The van der Waals surface area contributed by atoms with E-state index in [4.69, 9.17) is 0 Å². The second-order valence-corrected chi connectivity index (χ2v) is 4.96. The molecular formula is C13H11BrFN3O2. The van der Waals surface area contributed by atoms with Gasteiger partial charge in [0.2, 0.25) is 0 Å². The van der Waals surface area contributed by atoms with Gasteiger partial charge in [0, 0.05) is 17.7 Å². The molecule has 5 nitrogen and oxygen atoms in total. The summed E-state index contributed by atoms with van der Waals surface area (Å²) in [6.07, 6.45) is 1.70. The molecule has 0 saturated carbocycles. The zero-order valence-corrected chi connectivity index (χ0v) is 12.1. The van der Waals surface area contributed by atoms with Crippen molar-refractivity contribution in [3.8, 4) is 0 Å². The highest BCUT2D eigenvalue weighted by atomic mass is 79.9. The highest BCUT2D eigenvalue weighted by Gasteiger charge is 2.14. The van der Waals surface area contributed by atoms with Gasteiger partial charge in [-0.25, -0.2) is 4.39 Å². The number of amides is 2. The van der Waals surface area contributed by atoms with E-state index in [0.717, 1.165) is 4.47 Å². The molecule has 1 aromatic heterocycles. The van der Waals surface area contributed by atoms with Crippen LogP contribution in [0.1, 0.15) is 20.8 Å². The molecule has 2 rings (SSSR count). The standard InChI is InChI=1S/C13H11BrFN3O2/c1-18-7-8(14)6-11(18)13(20)17-16-12(19)9-4-2-3-5-10(9)15/h2-7H,1H3,(H,16,19)(H,17,20). The van der Waals surface area contributed by atoms with E-state index >= 15 is 0 Å². The number of aryl methyl sites for hydroxylation is 1. The van der Waals surface area contributed by atoms with Crippen LogP contribution in [0.4, 0.5) is 4.39 Å². The largest absolute Gasteiger partial charge is 0.345 e. The van der Waals surface area contributed by atoms with Gasteiger partial charge in [0.1, 0.15) is 11.5 Å². The van der Waals surface area contributed by atoms with E-state index in [0.29, 0.717) is 5.69 Å². The van der Waals surface area contributed by atoms with Gasteiger partial charge in [0.05, 0.1) is 5.56 Å². The minimum Gasteiger partial charge on any atom is -0.345 e. The summed E-state index contributed by atoms with van der Waals surface area (Å²) in [5.41, 5.74) is 4.61. The molecule has 1 heterocycles. The summed E-state index contributed by atoms with van der Waals surface area (Å²) in [6, 6.07) is 7.12. The first-order valence-electron chi connectivity index (χ1n) is 5.66. The lowest BCUT2D eigenvalue weighted by Crippen LogP contribution is -2.42. The normalized spacial score (nSPS) is 10.2. The first-order chi connectivity index (χ1) is 9.49. The third-order valence-electron chi connectivity index (χ3n) is 2.61. The van der Waals surface area contributed by atoms with Gasteiger partial charge >= 0.3 is 0 Å². The molecular weight excluding hydrogens is 329 g/mol. The van der Waals surface area contributed by atoms with E-state index in [9.17, 15) is 14.0 Å². The van der Waals surface area contributed by atoms with Gasteiger partial charge in [-0.2, -0.15) is 0 Å². The minimum absolute atomic E-state index is 0.138. The first kappa shape index (κ1) is 14.3. The Hall–Kier alpha value is -2.15. The van der Waals surface area contributed by atoms with Crippen molar-refractivity contribution < 1.29 is 14.0 Å². The molecule has 20 heavy (non-hydrogen) atoms. The molecule has 7 heteroatoms. The number of carbonyl (C=O) groups excluding carboxylic acids is 2. The Bertz CT molecular complexity index is 669. The number of halogens is 2. The van der Waals surface area contributed by atoms with Gasteiger partial charge < -0.3 is 4.57 Å². The summed E-state index contributed by atoms with van der Waals surface area (Å²) in [5.74, 6) is -1.87. The average molecular weight is 340 g/mol. The van der Waals surface area contributed by atoms with Crippen LogP contribution in [-0.2, 0) is 7.05 Å². The van der Waals surface area contributed by atoms with E-state index in [1.807, 2.05) is 0 Å². The monoisotopic (exact) mass is 339 g/mol. The summed E-state index contributed by atoms with van der Waals surface area (Å²) in [7, 11) is 1.69. The molecule has 0 saturated heterocycles. The molecule has 0 bridgehead atoms. The predicted molar refractivity (Wildman–Crippen MR) is 74.4 cm³/mol. The molecule has 0 aliphatic carbocycles. The number of aromatic nitrogens is 1. The Kier molecular flexibility index (Phi) is 4.19. The molecule has 2 N–H and O–H groups in total. The summed E-state index contributed by atoms with van der Waals surface area (Å²) >= 11 is 3.24. The van der Waals surface area contributed by atoms with Crippen molar-refractivity contribution in [3.05, 3.63) is 58.1 Å². The zero-order valence-electron chi connectivity index (χ0n) is 10.5. The molecule has 0 spiro atoms. The van der Waals surface area contributed by atoms with Crippen molar-refractivity contribution >= 4 is 27.7 Å². The summed E-state index contributed by atoms with van der Waals surface area (Å²) in [4.78, 5) is 23.5. The minimum atomic E-state index is -0.718. The maximum absolute atomic E-state index is 13.4. The topological polar surface area (TPSA) is 63.1 Å². The van der Waals surface area contributed by atoms with Crippen LogP contribution in [-0.4, -0.2) is 16.4 Å². The van der Waals surface area contributed by atoms with E-state index in [1.165, 1.54) is 24.3 Å². The third-order valence-corrected chi connectivity index (χ3v) is 3.05. The van der Waals surface area contributed by atoms with Crippen LogP contribution in [0.15, 0.2) is 41.0 Å². The van der Waals surface area contributed by atoms with Crippen LogP contribution < -0.4 is 10.9 Å². The van der Waals surface area contributed by atoms with Gasteiger partial charge in [-0.1, -0.05) is 12.1 Å². The Morgan fingerprint density at radius 1 is 1.20 bits per heavy atom. The highest BCUT2D eigenvalue weighted by Crippen LogP contribution is 2.13. The van der Waals surface area contributed by atoms with Crippen molar-refractivity contribution in [1.29, 1.82) is 0 Å². The van der Waals surface area contributed by atoms with E-state index in [1.54, 1.807) is 23.9 Å². The van der Waals surface area contributed by atoms with Crippen LogP contribution >= 0.6 is 15.9 Å². The van der Waals surface area contributed by atoms with E-state index in [-0.39, 0.29) is 5.56 Å². The third kappa shape index (κ3) is 3.05. The quantitative estimate of drug-likeness (QED) is 0.822. The first-order valence-corrected chi connectivity index (χ1v) is 6.45. The highest BCUT2D eigenvalue weighted by molar-refractivity contribution is 9.10. The number of nitrogens with one attached hydrogen (secondary N) is 2. The van der Waals surface area contributed by atoms with Crippen molar-refractivity contribution in [1.82, 2.24) is 15.4 Å². The number of carbonyl (C=O) groups is 2. The number of rotatable bonds is 2. The average Bonchev–Trinajstić information content (AvgIpc) is 2.75. The summed E-state index contributed by atoms with van der Waals surface area (Å²) in [6.45, 7) is 0. The molecule has 0 atom stereocenters. The molecule has 2 amide bonds. The molecule has 104 valence electrons. The van der Waals surface area contributed by atoms with Crippen LogP contribution in [0.2, 0.25) is 0 Å². The molecule has 0 fully saturated rings. The Morgan fingerprint density at radius 3 is 2.45 bits per heavy atom. The molecule has 0 aliphatic heterocycles. The zero-order chi connectivity index (χ0) is 14.7. The number of hydrazine groups is 1. The van der Waals surface area contributed by atoms with E-state index in [2.05, 4.69) is 26.8 Å². The lowest BCUT2D eigenvalue weighted by Gasteiger charge is -2.08. The summed E-state index contributed by atoms with van der Waals surface area (Å²) in [5, 5.41) is 0. The number of benzene rings is 1. The maximum atomic E-state index is 13.4. The second kappa shape index (κ2) is 5.87. The maximum Gasteiger partial charge on any atom is 0.286 e. The van der Waals surface area contributed by atoms with E-state index < -0.39 is 17.6 Å². The lowest BCUT2D eigenvalue weighted by molar-refractivity contribution is 0.0839. The molecule has 2 aromatic rings. The number of hydrogen-bond donors (Lipinski definition) is 2. The summed E-state index contributed by atoms with van der Waals surface area (Å²) < 4.78 is 15.7. The van der Waals surface area contributed by atoms with Crippen molar-refractivity contribution in [2.75, 3.05) is 0 Å². The lowest BCUT2D eigenvalue weighted by atomic mass is 10.2. The molecule has 0 aliphatic rings. The van der Waals surface area contributed by atoms with Crippen LogP contribution in [0.3, 0.4) is 0 Å². The fourth-order valence-corrected chi connectivity index (χ4v) is 2.16. The Morgan fingerprint density at radius 2 is 1.85 bits per heavy atom.